The van der Waals surface area contributed by atoms with Crippen LogP contribution in [0.1, 0.15) is 37.7 Å². The normalized spacial score (nSPS) is 14.5. The molecule has 26 heavy (non-hydrogen) atoms. The lowest BCUT2D eigenvalue weighted by Gasteiger charge is -2.35. The molecule has 0 atom stereocenters. The number of methoxy groups -OCH3 is 1. The molecule has 1 fully saturated rings. The molecule has 138 valence electrons. The zero-order valence-corrected chi connectivity index (χ0v) is 15.8. The average molecular weight is 355 g/mol. The largest absolute Gasteiger partial charge is 0.496 e. The van der Waals surface area contributed by atoms with Gasteiger partial charge in [-0.25, -0.2) is 0 Å². The molecule has 2 amide bonds. The SMILES string of the molecule is COc1ccc(C(=O)N2CCN(C(=O)c3cc(C)[nH]c3C)CC2)cc1C. The molecular weight excluding hydrogens is 330 g/mol. The number of hydrogen-bond acceptors (Lipinski definition) is 3. The number of nitrogens with one attached hydrogen (secondary N) is 1. The molecule has 0 bridgehead atoms. The Bertz CT molecular complexity index is 833. The van der Waals surface area contributed by atoms with Crippen LogP contribution < -0.4 is 4.74 Å². The Morgan fingerprint density at radius 3 is 2.08 bits per heavy atom. The van der Waals surface area contributed by atoms with Gasteiger partial charge in [0.25, 0.3) is 11.8 Å². The number of aromatic amines is 1. The minimum atomic E-state index is -0.00322. The Kier molecular flexibility index (Phi) is 5.02. The predicted octanol–water partition coefficient (Wildman–Crippen LogP) is 2.55. The van der Waals surface area contributed by atoms with Gasteiger partial charge in [0.2, 0.25) is 0 Å². The Labute approximate surface area is 153 Å². The van der Waals surface area contributed by atoms with Crippen molar-refractivity contribution in [2.24, 2.45) is 0 Å². The van der Waals surface area contributed by atoms with Crippen LogP contribution in [0.5, 0.6) is 5.75 Å². The van der Waals surface area contributed by atoms with Gasteiger partial charge >= 0.3 is 0 Å². The van der Waals surface area contributed by atoms with Crippen molar-refractivity contribution in [1.82, 2.24) is 14.8 Å². The summed E-state index contributed by atoms with van der Waals surface area (Å²) in [6.45, 7) is 7.94. The number of carbonyl (C=O) groups excluding carboxylic acids is 2. The molecule has 6 heteroatoms. The number of carbonyl (C=O) groups is 2. The van der Waals surface area contributed by atoms with E-state index in [1.54, 1.807) is 18.1 Å². The second-order valence-corrected chi connectivity index (χ2v) is 6.76. The Hall–Kier alpha value is -2.76. The first-order valence-electron chi connectivity index (χ1n) is 8.80. The van der Waals surface area contributed by atoms with Crippen molar-refractivity contribution in [1.29, 1.82) is 0 Å². The third-order valence-corrected chi connectivity index (χ3v) is 4.88. The number of aromatic nitrogens is 1. The number of hydrogen-bond donors (Lipinski definition) is 1. The van der Waals surface area contributed by atoms with Crippen molar-refractivity contribution < 1.29 is 14.3 Å². The highest BCUT2D eigenvalue weighted by Crippen LogP contribution is 2.20. The van der Waals surface area contributed by atoms with Crippen LogP contribution in [0.4, 0.5) is 0 Å². The number of rotatable bonds is 3. The van der Waals surface area contributed by atoms with Gasteiger partial charge in [-0.2, -0.15) is 0 Å². The molecule has 2 aromatic rings. The van der Waals surface area contributed by atoms with E-state index in [0.717, 1.165) is 22.7 Å². The summed E-state index contributed by atoms with van der Waals surface area (Å²) in [4.78, 5) is 32.2. The third kappa shape index (κ3) is 3.45. The standard InChI is InChI=1S/C20H25N3O3/c1-13-11-16(5-6-18(13)26-4)19(24)22-7-9-23(10-8-22)20(25)17-12-14(2)21-15(17)3/h5-6,11-12,21H,7-10H2,1-4H3. The van der Waals surface area contributed by atoms with Crippen molar-refractivity contribution in [2.75, 3.05) is 33.3 Å². The maximum atomic E-state index is 12.7. The fourth-order valence-electron chi connectivity index (χ4n) is 3.42. The van der Waals surface area contributed by atoms with Gasteiger partial charge in [0.1, 0.15) is 5.75 Å². The van der Waals surface area contributed by atoms with Crippen LogP contribution in [0.3, 0.4) is 0 Å². The van der Waals surface area contributed by atoms with Crippen molar-refractivity contribution in [3.63, 3.8) is 0 Å². The van der Waals surface area contributed by atoms with Gasteiger partial charge < -0.3 is 19.5 Å². The monoisotopic (exact) mass is 355 g/mol. The summed E-state index contributed by atoms with van der Waals surface area (Å²) in [7, 11) is 1.62. The van der Waals surface area contributed by atoms with Crippen LogP contribution >= 0.6 is 0 Å². The zero-order valence-electron chi connectivity index (χ0n) is 15.8. The Balaban J connectivity index is 1.64. The van der Waals surface area contributed by atoms with E-state index in [9.17, 15) is 9.59 Å². The van der Waals surface area contributed by atoms with Crippen molar-refractivity contribution in [3.8, 4) is 5.75 Å². The van der Waals surface area contributed by atoms with Gasteiger partial charge in [-0.15, -0.1) is 0 Å². The van der Waals surface area contributed by atoms with E-state index in [1.807, 2.05) is 43.9 Å². The second kappa shape index (κ2) is 7.23. The summed E-state index contributed by atoms with van der Waals surface area (Å²) >= 11 is 0. The van der Waals surface area contributed by atoms with E-state index < -0.39 is 0 Å². The van der Waals surface area contributed by atoms with Crippen LogP contribution in [0.25, 0.3) is 0 Å². The molecule has 3 rings (SSSR count). The van der Waals surface area contributed by atoms with E-state index in [-0.39, 0.29) is 11.8 Å². The smallest absolute Gasteiger partial charge is 0.255 e. The number of amides is 2. The van der Waals surface area contributed by atoms with Gasteiger partial charge in [0, 0.05) is 43.1 Å². The lowest BCUT2D eigenvalue weighted by atomic mass is 10.1. The predicted molar refractivity (Wildman–Crippen MR) is 99.8 cm³/mol. The molecule has 1 aromatic heterocycles. The second-order valence-electron chi connectivity index (χ2n) is 6.76. The number of nitrogens with zero attached hydrogens (tertiary/aromatic N) is 2. The summed E-state index contributed by atoms with van der Waals surface area (Å²) in [5, 5.41) is 0. The van der Waals surface area contributed by atoms with E-state index in [4.69, 9.17) is 4.74 Å². The van der Waals surface area contributed by atoms with Gasteiger partial charge in [0.05, 0.1) is 12.7 Å². The number of benzene rings is 1. The van der Waals surface area contributed by atoms with E-state index in [0.29, 0.717) is 37.3 Å². The minimum Gasteiger partial charge on any atom is -0.496 e. The van der Waals surface area contributed by atoms with Crippen LogP contribution in [-0.2, 0) is 0 Å². The average Bonchev–Trinajstić information content (AvgIpc) is 2.98. The molecule has 1 saturated heterocycles. The molecular formula is C20H25N3O3. The lowest BCUT2D eigenvalue weighted by molar-refractivity contribution is 0.0535. The molecule has 0 aliphatic carbocycles. The summed E-state index contributed by atoms with van der Waals surface area (Å²) in [6, 6.07) is 7.34. The first-order chi connectivity index (χ1) is 12.4. The molecule has 1 aliphatic heterocycles. The van der Waals surface area contributed by atoms with Gasteiger partial charge in [-0.05, 0) is 50.6 Å². The van der Waals surface area contributed by atoms with E-state index in [2.05, 4.69) is 4.98 Å². The maximum absolute atomic E-state index is 12.7. The molecule has 1 aliphatic rings. The summed E-state index contributed by atoms with van der Waals surface area (Å²) in [6.07, 6.45) is 0. The Morgan fingerprint density at radius 2 is 1.58 bits per heavy atom. The minimum absolute atomic E-state index is 0.00322. The quantitative estimate of drug-likeness (QED) is 0.920. The summed E-state index contributed by atoms with van der Waals surface area (Å²) in [5.41, 5.74) is 4.17. The fraction of sp³-hybridized carbons (Fsp3) is 0.400. The fourth-order valence-corrected chi connectivity index (χ4v) is 3.42. The van der Waals surface area contributed by atoms with Crippen molar-refractivity contribution >= 4 is 11.8 Å². The van der Waals surface area contributed by atoms with Crippen LogP contribution in [0.2, 0.25) is 0 Å². The van der Waals surface area contributed by atoms with Crippen molar-refractivity contribution in [2.45, 2.75) is 20.8 Å². The van der Waals surface area contributed by atoms with Gasteiger partial charge in [0.15, 0.2) is 0 Å². The number of piperazine rings is 1. The van der Waals surface area contributed by atoms with Crippen LogP contribution in [0.15, 0.2) is 24.3 Å². The maximum Gasteiger partial charge on any atom is 0.255 e. The van der Waals surface area contributed by atoms with Gasteiger partial charge in [-0.1, -0.05) is 0 Å². The Morgan fingerprint density at radius 1 is 0.962 bits per heavy atom. The van der Waals surface area contributed by atoms with Crippen LogP contribution in [-0.4, -0.2) is 59.9 Å². The summed E-state index contributed by atoms with van der Waals surface area (Å²) < 4.78 is 5.25. The molecule has 2 heterocycles. The first-order valence-corrected chi connectivity index (χ1v) is 8.80. The number of H-pyrrole nitrogens is 1. The number of aryl methyl sites for hydroxylation is 3. The molecule has 1 aromatic carbocycles. The van der Waals surface area contributed by atoms with Crippen molar-refractivity contribution in [3.05, 3.63) is 52.3 Å². The van der Waals surface area contributed by atoms with Gasteiger partial charge in [-0.3, -0.25) is 9.59 Å². The molecule has 0 spiro atoms. The van der Waals surface area contributed by atoms with Crippen LogP contribution in [0, 0.1) is 20.8 Å². The zero-order chi connectivity index (χ0) is 18.8. The van der Waals surface area contributed by atoms with E-state index in [1.165, 1.54) is 0 Å². The molecule has 0 saturated carbocycles. The topological polar surface area (TPSA) is 65.6 Å². The molecule has 0 unspecified atom stereocenters. The number of ether oxygens (including phenoxy) is 1. The molecule has 6 nitrogen and oxygen atoms in total. The lowest BCUT2D eigenvalue weighted by Crippen LogP contribution is -2.50. The first kappa shape index (κ1) is 18.0. The van der Waals surface area contributed by atoms with E-state index >= 15 is 0 Å². The highest BCUT2D eigenvalue weighted by atomic mass is 16.5. The highest BCUT2D eigenvalue weighted by Gasteiger charge is 2.26. The third-order valence-electron chi connectivity index (χ3n) is 4.88. The molecule has 1 N–H and O–H groups in total. The summed E-state index contributed by atoms with van der Waals surface area (Å²) in [5.74, 6) is 0.796. The molecule has 0 radical (unpaired) electrons. The highest BCUT2D eigenvalue weighted by molar-refractivity contribution is 5.97.